The molecule has 0 atom stereocenters. The lowest BCUT2D eigenvalue weighted by molar-refractivity contribution is -0.128. The molecule has 104 valence electrons. The van der Waals surface area contributed by atoms with E-state index in [4.69, 9.17) is 5.73 Å². The zero-order chi connectivity index (χ0) is 14.0. The Morgan fingerprint density at radius 1 is 1.26 bits per heavy atom. The summed E-state index contributed by atoms with van der Waals surface area (Å²) in [5.41, 5.74) is 5.37. The maximum atomic E-state index is 13.7. The molecule has 0 unspecified atom stereocenters. The molecule has 1 aromatic heterocycles. The van der Waals surface area contributed by atoms with Crippen molar-refractivity contribution in [3.63, 3.8) is 0 Å². The van der Waals surface area contributed by atoms with E-state index in [2.05, 4.69) is 4.98 Å². The van der Waals surface area contributed by atoms with E-state index in [1.807, 2.05) is 0 Å². The fourth-order valence-corrected chi connectivity index (χ4v) is 2.14. The second-order valence-corrected chi connectivity index (χ2v) is 4.51. The van der Waals surface area contributed by atoms with Crippen molar-refractivity contribution in [1.29, 1.82) is 0 Å². The third-order valence-electron chi connectivity index (χ3n) is 3.18. The number of nitrogen functional groups attached to an aromatic ring is 1. The van der Waals surface area contributed by atoms with Crippen molar-refractivity contribution < 1.29 is 13.6 Å². The van der Waals surface area contributed by atoms with Crippen LogP contribution < -0.4 is 10.6 Å². The first kappa shape index (κ1) is 13.5. The standard InChI is InChI=1S/C12H16F2N4O/c1-8(19)17-3-2-4-18(6-5-17)12-10(14)7-9(13)11(15)16-12/h7H,2-6H2,1H3,(H2,15,16). The fourth-order valence-electron chi connectivity index (χ4n) is 2.14. The molecule has 19 heavy (non-hydrogen) atoms. The summed E-state index contributed by atoms with van der Waals surface area (Å²) in [6.45, 7) is 3.63. The largest absolute Gasteiger partial charge is 0.381 e. The van der Waals surface area contributed by atoms with Crippen LogP contribution in [0.4, 0.5) is 20.4 Å². The van der Waals surface area contributed by atoms with Crippen LogP contribution in [0.1, 0.15) is 13.3 Å². The molecule has 0 aliphatic carbocycles. The average Bonchev–Trinajstić information content (AvgIpc) is 2.59. The van der Waals surface area contributed by atoms with E-state index in [1.54, 1.807) is 9.80 Å². The smallest absolute Gasteiger partial charge is 0.219 e. The summed E-state index contributed by atoms with van der Waals surface area (Å²) in [6, 6.07) is 0.741. The van der Waals surface area contributed by atoms with Gasteiger partial charge in [0, 0.05) is 39.2 Å². The van der Waals surface area contributed by atoms with Crippen molar-refractivity contribution in [3.05, 3.63) is 17.7 Å². The van der Waals surface area contributed by atoms with Gasteiger partial charge in [0.2, 0.25) is 5.91 Å². The van der Waals surface area contributed by atoms with Crippen molar-refractivity contribution in [3.8, 4) is 0 Å². The molecule has 5 nitrogen and oxygen atoms in total. The van der Waals surface area contributed by atoms with Crippen molar-refractivity contribution in [2.24, 2.45) is 0 Å². The summed E-state index contributed by atoms with van der Waals surface area (Å²) in [4.78, 5) is 18.5. The highest BCUT2D eigenvalue weighted by molar-refractivity contribution is 5.73. The second kappa shape index (κ2) is 5.38. The van der Waals surface area contributed by atoms with Crippen molar-refractivity contribution >= 4 is 17.5 Å². The number of nitrogens with zero attached hydrogens (tertiary/aromatic N) is 3. The molecule has 1 saturated heterocycles. The van der Waals surface area contributed by atoms with E-state index >= 15 is 0 Å². The topological polar surface area (TPSA) is 62.5 Å². The Bertz CT molecular complexity index is 495. The van der Waals surface area contributed by atoms with Gasteiger partial charge < -0.3 is 15.5 Å². The van der Waals surface area contributed by atoms with Gasteiger partial charge in [-0.25, -0.2) is 13.8 Å². The van der Waals surface area contributed by atoms with Gasteiger partial charge >= 0.3 is 0 Å². The van der Waals surface area contributed by atoms with Gasteiger partial charge in [-0.3, -0.25) is 4.79 Å². The molecule has 1 fully saturated rings. The molecule has 2 heterocycles. The van der Waals surface area contributed by atoms with Crippen LogP contribution in [0.15, 0.2) is 6.07 Å². The Morgan fingerprint density at radius 2 is 2.00 bits per heavy atom. The average molecular weight is 270 g/mol. The number of pyridine rings is 1. The van der Waals surface area contributed by atoms with E-state index in [9.17, 15) is 13.6 Å². The minimum atomic E-state index is -0.860. The zero-order valence-corrected chi connectivity index (χ0v) is 10.7. The minimum Gasteiger partial charge on any atom is -0.381 e. The van der Waals surface area contributed by atoms with Gasteiger partial charge in [-0.2, -0.15) is 0 Å². The van der Waals surface area contributed by atoms with Gasteiger partial charge in [0.15, 0.2) is 23.3 Å². The zero-order valence-electron chi connectivity index (χ0n) is 10.7. The van der Waals surface area contributed by atoms with Crippen LogP contribution in [-0.2, 0) is 4.79 Å². The number of nitrogens with two attached hydrogens (primary N) is 1. The third-order valence-corrected chi connectivity index (χ3v) is 3.18. The summed E-state index contributed by atoms with van der Waals surface area (Å²) in [7, 11) is 0. The molecule has 1 amide bonds. The van der Waals surface area contributed by atoms with Gasteiger partial charge in [0.25, 0.3) is 0 Å². The number of carbonyl (C=O) groups is 1. The van der Waals surface area contributed by atoms with E-state index in [1.165, 1.54) is 6.92 Å². The molecule has 7 heteroatoms. The number of rotatable bonds is 1. The van der Waals surface area contributed by atoms with E-state index in [0.29, 0.717) is 32.6 Å². The van der Waals surface area contributed by atoms with Crippen LogP contribution in [0.3, 0.4) is 0 Å². The number of anilines is 2. The van der Waals surface area contributed by atoms with Gasteiger partial charge in [0.1, 0.15) is 0 Å². The Balaban J connectivity index is 2.18. The molecule has 0 aromatic carbocycles. The molecule has 2 N–H and O–H groups in total. The molecule has 0 radical (unpaired) electrons. The third kappa shape index (κ3) is 2.91. The first-order valence-corrected chi connectivity index (χ1v) is 6.11. The molecular formula is C12H16F2N4O. The molecule has 2 rings (SSSR count). The summed E-state index contributed by atoms with van der Waals surface area (Å²) < 4.78 is 26.8. The SMILES string of the molecule is CC(=O)N1CCCN(c2nc(N)c(F)cc2F)CC1. The first-order valence-electron chi connectivity index (χ1n) is 6.11. The minimum absolute atomic E-state index is 0.00565. The molecule has 0 spiro atoms. The number of amides is 1. The second-order valence-electron chi connectivity index (χ2n) is 4.51. The lowest BCUT2D eigenvalue weighted by Gasteiger charge is -2.22. The first-order chi connectivity index (χ1) is 8.99. The highest BCUT2D eigenvalue weighted by Gasteiger charge is 2.21. The van der Waals surface area contributed by atoms with Crippen LogP contribution >= 0.6 is 0 Å². The summed E-state index contributed by atoms with van der Waals surface area (Å²) in [5.74, 6) is -1.87. The molecule has 1 aromatic rings. The number of aromatic nitrogens is 1. The summed E-state index contributed by atoms with van der Waals surface area (Å²) in [6.07, 6.45) is 0.706. The summed E-state index contributed by atoms with van der Waals surface area (Å²) in [5, 5.41) is 0. The maximum absolute atomic E-state index is 13.7. The van der Waals surface area contributed by atoms with Crippen molar-refractivity contribution in [2.45, 2.75) is 13.3 Å². The highest BCUT2D eigenvalue weighted by atomic mass is 19.1. The Kier molecular flexibility index (Phi) is 3.82. The number of hydrogen-bond acceptors (Lipinski definition) is 4. The fraction of sp³-hybridized carbons (Fsp3) is 0.500. The van der Waals surface area contributed by atoms with Gasteiger partial charge in [-0.15, -0.1) is 0 Å². The lowest BCUT2D eigenvalue weighted by atomic mass is 10.3. The quantitative estimate of drug-likeness (QED) is 0.827. The monoisotopic (exact) mass is 270 g/mol. The predicted octanol–water partition coefficient (Wildman–Crippen LogP) is 1.00. The van der Waals surface area contributed by atoms with Crippen LogP contribution in [0.5, 0.6) is 0 Å². The maximum Gasteiger partial charge on any atom is 0.219 e. The molecule has 1 aliphatic rings. The highest BCUT2D eigenvalue weighted by Crippen LogP contribution is 2.21. The van der Waals surface area contributed by atoms with Crippen molar-refractivity contribution in [2.75, 3.05) is 36.8 Å². The molecular weight excluding hydrogens is 254 g/mol. The Hall–Kier alpha value is -1.92. The Morgan fingerprint density at radius 3 is 2.68 bits per heavy atom. The van der Waals surface area contributed by atoms with Crippen molar-refractivity contribution in [1.82, 2.24) is 9.88 Å². The van der Waals surface area contributed by atoms with Gasteiger partial charge in [-0.05, 0) is 6.42 Å². The Labute approximate surface area is 110 Å². The van der Waals surface area contributed by atoms with Crippen LogP contribution in [0.2, 0.25) is 0 Å². The number of hydrogen-bond donors (Lipinski definition) is 1. The normalized spacial score (nSPS) is 16.4. The predicted molar refractivity (Wildman–Crippen MR) is 67.6 cm³/mol. The van der Waals surface area contributed by atoms with Gasteiger partial charge in [-0.1, -0.05) is 0 Å². The van der Waals surface area contributed by atoms with Gasteiger partial charge in [0.05, 0.1) is 0 Å². The van der Waals surface area contributed by atoms with Crippen LogP contribution in [-0.4, -0.2) is 42.0 Å². The van der Waals surface area contributed by atoms with E-state index < -0.39 is 11.6 Å². The number of carbonyl (C=O) groups excluding carboxylic acids is 1. The van der Waals surface area contributed by atoms with Crippen LogP contribution in [0, 0.1) is 11.6 Å². The molecule has 1 aliphatic heterocycles. The van der Waals surface area contributed by atoms with Crippen LogP contribution in [0.25, 0.3) is 0 Å². The molecule has 0 saturated carbocycles. The van der Waals surface area contributed by atoms with E-state index in [-0.39, 0.29) is 17.5 Å². The van der Waals surface area contributed by atoms with E-state index in [0.717, 1.165) is 6.07 Å². The summed E-state index contributed by atoms with van der Waals surface area (Å²) >= 11 is 0. The molecule has 0 bridgehead atoms. The lowest BCUT2D eigenvalue weighted by Crippen LogP contribution is -2.34. The number of halogens is 2.